The van der Waals surface area contributed by atoms with Crippen molar-refractivity contribution in [3.05, 3.63) is 11.9 Å². The van der Waals surface area contributed by atoms with Gasteiger partial charge in [0.05, 0.1) is 18.3 Å². The number of nitrogens with zero attached hydrogens (tertiary/aromatic N) is 3. The lowest BCUT2D eigenvalue weighted by molar-refractivity contribution is -0.142. The van der Waals surface area contributed by atoms with Gasteiger partial charge in [-0.25, -0.2) is 4.68 Å². The first-order valence-electron chi connectivity index (χ1n) is 7.59. The Labute approximate surface area is 120 Å². The molecule has 1 fully saturated rings. The predicted octanol–water partition coefficient (Wildman–Crippen LogP) is 2.22. The Morgan fingerprint density at radius 2 is 1.95 bits per heavy atom. The zero-order chi connectivity index (χ0) is 14.4. The molecule has 20 heavy (non-hydrogen) atoms. The van der Waals surface area contributed by atoms with Crippen molar-refractivity contribution in [1.29, 1.82) is 0 Å². The van der Waals surface area contributed by atoms with Crippen LogP contribution in [0.2, 0.25) is 0 Å². The molecule has 6 heteroatoms. The number of hydrogen-bond acceptors (Lipinski definition) is 5. The maximum absolute atomic E-state index is 10.2. The van der Waals surface area contributed by atoms with Gasteiger partial charge in [0.2, 0.25) is 6.29 Å². The van der Waals surface area contributed by atoms with Crippen LogP contribution in [-0.2, 0) is 9.47 Å². The summed E-state index contributed by atoms with van der Waals surface area (Å²) in [6.07, 6.45) is 6.19. The molecule has 0 spiro atoms. The van der Waals surface area contributed by atoms with Crippen molar-refractivity contribution in [3.63, 3.8) is 0 Å². The van der Waals surface area contributed by atoms with E-state index >= 15 is 0 Å². The van der Waals surface area contributed by atoms with Gasteiger partial charge in [-0.15, -0.1) is 5.10 Å². The monoisotopic (exact) mass is 283 g/mol. The van der Waals surface area contributed by atoms with Gasteiger partial charge in [-0.2, -0.15) is 0 Å². The van der Waals surface area contributed by atoms with Crippen LogP contribution in [0.3, 0.4) is 0 Å². The van der Waals surface area contributed by atoms with Crippen molar-refractivity contribution in [2.45, 2.75) is 64.4 Å². The zero-order valence-electron chi connectivity index (χ0n) is 12.4. The van der Waals surface area contributed by atoms with Crippen LogP contribution < -0.4 is 0 Å². The fraction of sp³-hybridized carbons (Fsp3) is 0.857. The molecule has 1 aliphatic carbocycles. The van der Waals surface area contributed by atoms with Gasteiger partial charge in [-0.05, 0) is 26.7 Å². The molecule has 2 atom stereocenters. The van der Waals surface area contributed by atoms with Crippen LogP contribution >= 0.6 is 0 Å². The van der Waals surface area contributed by atoms with Gasteiger partial charge in [-0.1, -0.05) is 24.5 Å². The lowest BCUT2D eigenvalue weighted by Crippen LogP contribution is -2.23. The largest absolute Gasteiger partial charge is 0.391 e. The summed E-state index contributed by atoms with van der Waals surface area (Å²) in [6, 6.07) is 0.0163. The van der Waals surface area contributed by atoms with Crippen molar-refractivity contribution in [2.75, 3.05) is 13.2 Å². The van der Waals surface area contributed by atoms with Crippen molar-refractivity contribution < 1.29 is 14.6 Å². The van der Waals surface area contributed by atoms with E-state index in [9.17, 15) is 5.11 Å². The summed E-state index contributed by atoms with van der Waals surface area (Å²) in [4.78, 5) is 0. The minimum atomic E-state index is -0.471. The first kappa shape index (κ1) is 15.4. The summed E-state index contributed by atoms with van der Waals surface area (Å²) in [5.74, 6) is 0. The Morgan fingerprint density at radius 1 is 1.25 bits per heavy atom. The van der Waals surface area contributed by atoms with E-state index < -0.39 is 6.29 Å². The molecule has 0 aliphatic heterocycles. The van der Waals surface area contributed by atoms with Crippen molar-refractivity contribution in [2.24, 2.45) is 0 Å². The van der Waals surface area contributed by atoms with Crippen LogP contribution in [0.1, 0.15) is 64.0 Å². The molecule has 2 rings (SSSR count). The fourth-order valence-corrected chi connectivity index (χ4v) is 2.66. The highest BCUT2D eigenvalue weighted by molar-refractivity contribution is 4.96. The smallest absolute Gasteiger partial charge is 0.204 e. The molecule has 1 aromatic rings. The number of aromatic nitrogens is 3. The van der Waals surface area contributed by atoms with E-state index in [1.54, 1.807) is 4.68 Å². The maximum Gasteiger partial charge on any atom is 0.204 e. The van der Waals surface area contributed by atoms with Crippen LogP contribution in [0, 0.1) is 0 Å². The Balaban J connectivity index is 2.09. The Kier molecular flexibility index (Phi) is 5.94. The summed E-state index contributed by atoms with van der Waals surface area (Å²) in [7, 11) is 0. The molecule has 6 nitrogen and oxygen atoms in total. The molecular formula is C14H25N3O3. The van der Waals surface area contributed by atoms with Gasteiger partial charge in [0.1, 0.15) is 5.69 Å². The van der Waals surface area contributed by atoms with E-state index in [0.717, 1.165) is 25.7 Å². The molecule has 0 saturated heterocycles. The highest BCUT2D eigenvalue weighted by Gasteiger charge is 2.25. The lowest BCUT2D eigenvalue weighted by atomic mass is 10.1. The van der Waals surface area contributed by atoms with Gasteiger partial charge in [0.15, 0.2) is 0 Å². The average molecular weight is 283 g/mol. The van der Waals surface area contributed by atoms with Crippen molar-refractivity contribution >= 4 is 0 Å². The lowest BCUT2D eigenvalue weighted by Gasteiger charge is -2.20. The van der Waals surface area contributed by atoms with E-state index in [1.807, 2.05) is 20.0 Å². The summed E-state index contributed by atoms with van der Waals surface area (Å²) < 4.78 is 12.8. The quantitative estimate of drug-likeness (QED) is 0.640. The minimum Gasteiger partial charge on any atom is -0.391 e. The molecule has 0 bridgehead atoms. The summed E-state index contributed by atoms with van der Waals surface area (Å²) in [6.45, 7) is 4.96. The first-order chi connectivity index (χ1) is 9.76. The molecule has 1 saturated carbocycles. The molecule has 0 amide bonds. The fourth-order valence-electron chi connectivity index (χ4n) is 2.66. The maximum atomic E-state index is 10.2. The van der Waals surface area contributed by atoms with Crippen LogP contribution in [0.5, 0.6) is 0 Å². The molecule has 0 radical (unpaired) electrons. The second kappa shape index (κ2) is 7.71. The molecule has 1 aliphatic rings. The molecule has 114 valence electrons. The molecule has 1 N–H and O–H groups in total. The van der Waals surface area contributed by atoms with Gasteiger partial charge < -0.3 is 14.6 Å². The first-order valence-corrected chi connectivity index (χ1v) is 7.59. The van der Waals surface area contributed by atoms with E-state index in [-0.39, 0.29) is 12.1 Å². The van der Waals surface area contributed by atoms with Gasteiger partial charge in [0, 0.05) is 13.2 Å². The van der Waals surface area contributed by atoms with E-state index in [4.69, 9.17) is 9.47 Å². The number of ether oxygens (including phenoxy) is 2. The third kappa shape index (κ3) is 3.77. The third-order valence-corrected chi connectivity index (χ3v) is 3.69. The van der Waals surface area contributed by atoms with Gasteiger partial charge >= 0.3 is 0 Å². The summed E-state index contributed by atoms with van der Waals surface area (Å²) in [5, 5.41) is 18.5. The van der Waals surface area contributed by atoms with Crippen LogP contribution in [0.4, 0.5) is 0 Å². The summed E-state index contributed by atoms with van der Waals surface area (Å²) in [5.41, 5.74) is 0.671. The Bertz CT molecular complexity index is 391. The second-order valence-corrected chi connectivity index (χ2v) is 5.14. The van der Waals surface area contributed by atoms with Crippen molar-refractivity contribution in [3.8, 4) is 0 Å². The van der Waals surface area contributed by atoms with E-state index in [2.05, 4.69) is 10.3 Å². The van der Waals surface area contributed by atoms with Gasteiger partial charge in [0.25, 0.3) is 0 Å². The second-order valence-electron chi connectivity index (χ2n) is 5.14. The van der Waals surface area contributed by atoms with Crippen LogP contribution in [0.15, 0.2) is 6.20 Å². The van der Waals surface area contributed by atoms with Crippen LogP contribution in [0.25, 0.3) is 0 Å². The SMILES string of the molecule is CCOC(OCC)c1cn(C2CCCCCC2O)nn1. The number of aliphatic hydroxyl groups is 1. The summed E-state index contributed by atoms with van der Waals surface area (Å²) >= 11 is 0. The Hall–Kier alpha value is -0.980. The number of aliphatic hydroxyl groups excluding tert-OH is 1. The highest BCUT2D eigenvalue weighted by atomic mass is 16.7. The molecule has 1 heterocycles. The molecule has 0 aromatic carbocycles. The Morgan fingerprint density at radius 3 is 2.65 bits per heavy atom. The number of hydrogen-bond donors (Lipinski definition) is 1. The molecule has 1 aromatic heterocycles. The van der Waals surface area contributed by atoms with Crippen molar-refractivity contribution in [1.82, 2.24) is 15.0 Å². The van der Waals surface area contributed by atoms with E-state index in [1.165, 1.54) is 6.42 Å². The third-order valence-electron chi connectivity index (χ3n) is 3.69. The normalized spacial score (nSPS) is 24.0. The topological polar surface area (TPSA) is 69.4 Å². The minimum absolute atomic E-state index is 0.0163. The van der Waals surface area contributed by atoms with Gasteiger partial charge in [-0.3, -0.25) is 0 Å². The zero-order valence-corrected chi connectivity index (χ0v) is 12.4. The number of rotatable bonds is 6. The van der Waals surface area contributed by atoms with E-state index in [0.29, 0.717) is 18.9 Å². The predicted molar refractivity (Wildman–Crippen MR) is 74.1 cm³/mol. The highest BCUT2D eigenvalue weighted by Crippen LogP contribution is 2.28. The molecule has 2 unspecified atom stereocenters. The average Bonchev–Trinajstić information content (AvgIpc) is 2.82. The molecular weight excluding hydrogens is 258 g/mol. The standard InChI is InChI=1S/C14H25N3O3/c1-3-19-14(20-4-2)11-10-17(16-15-11)12-8-6-5-7-9-13(12)18/h10,12-14,18H,3-9H2,1-2H3. The van der Waals surface area contributed by atoms with Crippen LogP contribution in [-0.4, -0.2) is 39.4 Å².